The second kappa shape index (κ2) is 8.27. The maximum Gasteiger partial charge on any atom is 0.0553 e. The van der Waals surface area contributed by atoms with Crippen molar-refractivity contribution in [3.05, 3.63) is 18.0 Å². The van der Waals surface area contributed by atoms with Crippen molar-refractivity contribution in [2.45, 2.75) is 46.2 Å². The summed E-state index contributed by atoms with van der Waals surface area (Å²) >= 11 is 0. The zero-order valence-electron chi connectivity index (χ0n) is 12.1. The molecule has 0 aliphatic heterocycles. The van der Waals surface area contributed by atoms with E-state index in [-0.39, 0.29) is 0 Å². The van der Waals surface area contributed by atoms with Crippen molar-refractivity contribution in [3.8, 4) is 0 Å². The van der Waals surface area contributed by atoms with Gasteiger partial charge in [0.1, 0.15) is 0 Å². The van der Waals surface area contributed by atoms with Crippen LogP contribution in [0.5, 0.6) is 0 Å². The molecule has 0 fully saturated rings. The molecule has 1 heterocycles. The van der Waals surface area contributed by atoms with Gasteiger partial charge in [-0.3, -0.25) is 4.68 Å². The molecule has 0 aliphatic rings. The van der Waals surface area contributed by atoms with E-state index in [9.17, 15) is 0 Å². The number of nitrogens with zero attached hydrogens (tertiary/aromatic N) is 2. The minimum Gasteiger partial charge on any atom is -0.384 e. The second-order valence-electron chi connectivity index (χ2n) is 4.87. The van der Waals surface area contributed by atoms with Crippen molar-refractivity contribution in [2.24, 2.45) is 5.92 Å². The Morgan fingerprint density at radius 1 is 1.44 bits per heavy atom. The van der Waals surface area contributed by atoms with Gasteiger partial charge in [-0.2, -0.15) is 5.10 Å². The SMILES string of the molecule is CCCNC(CC(C)COC)c1ccnn1CC. The third kappa shape index (κ3) is 4.42. The van der Waals surface area contributed by atoms with Crippen LogP contribution in [-0.4, -0.2) is 30.0 Å². The van der Waals surface area contributed by atoms with Gasteiger partial charge in [0.05, 0.1) is 5.69 Å². The molecule has 0 aromatic carbocycles. The first-order chi connectivity index (χ1) is 8.72. The zero-order chi connectivity index (χ0) is 13.4. The van der Waals surface area contributed by atoms with Crippen LogP contribution in [0, 0.1) is 5.92 Å². The smallest absolute Gasteiger partial charge is 0.0553 e. The predicted octanol–water partition coefficient (Wildman–Crippen LogP) is 2.62. The highest BCUT2D eigenvalue weighted by Gasteiger charge is 2.18. The normalized spacial score (nSPS) is 14.7. The van der Waals surface area contributed by atoms with E-state index < -0.39 is 0 Å². The number of hydrogen-bond acceptors (Lipinski definition) is 3. The summed E-state index contributed by atoms with van der Waals surface area (Å²) in [5, 5.41) is 7.98. The highest BCUT2D eigenvalue weighted by molar-refractivity contribution is 5.07. The maximum atomic E-state index is 5.23. The first-order valence-corrected chi connectivity index (χ1v) is 6.96. The topological polar surface area (TPSA) is 39.1 Å². The summed E-state index contributed by atoms with van der Waals surface area (Å²) in [5.74, 6) is 0.546. The molecule has 4 heteroatoms. The van der Waals surface area contributed by atoms with Crippen molar-refractivity contribution in [3.63, 3.8) is 0 Å². The fourth-order valence-electron chi connectivity index (χ4n) is 2.29. The van der Waals surface area contributed by atoms with Crippen molar-refractivity contribution in [1.29, 1.82) is 0 Å². The molecular weight excluding hydrogens is 226 g/mol. The average molecular weight is 253 g/mol. The first-order valence-electron chi connectivity index (χ1n) is 6.96. The fraction of sp³-hybridized carbons (Fsp3) is 0.786. The van der Waals surface area contributed by atoms with Crippen LogP contribution in [0.2, 0.25) is 0 Å². The zero-order valence-corrected chi connectivity index (χ0v) is 12.1. The molecule has 0 saturated heterocycles. The van der Waals surface area contributed by atoms with Crippen molar-refractivity contribution in [1.82, 2.24) is 15.1 Å². The molecule has 18 heavy (non-hydrogen) atoms. The van der Waals surface area contributed by atoms with Crippen LogP contribution in [-0.2, 0) is 11.3 Å². The average Bonchev–Trinajstić information content (AvgIpc) is 2.82. The van der Waals surface area contributed by atoms with Crippen LogP contribution < -0.4 is 5.32 Å². The fourth-order valence-corrected chi connectivity index (χ4v) is 2.29. The molecule has 0 spiro atoms. The standard InChI is InChI=1S/C14H27N3O/c1-5-8-15-13(10-12(3)11-18-4)14-7-9-16-17(14)6-2/h7,9,12-13,15H,5-6,8,10-11H2,1-4H3. The molecule has 0 amide bonds. The van der Waals surface area contributed by atoms with Crippen LogP contribution in [0.25, 0.3) is 0 Å². The maximum absolute atomic E-state index is 5.23. The van der Waals surface area contributed by atoms with Gasteiger partial charge in [0.25, 0.3) is 0 Å². The van der Waals surface area contributed by atoms with Gasteiger partial charge in [0.2, 0.25) is 0 Å². The Morgan fingerprint density at radius 3 is 2.83 bits per heavy atom. The highest BCUT2D eigenvalue weighted by atomic mass is 16.5. The number of methoxy groups -OCH3 is 1. The van der Waals surface area contributed by atoms with Crippen LogP contribution in [0.1, 0.15) is 45.3 Å². The Kier molecular flexibility index (Phi) is 6.98. The number of aryl methyl sites for hydroxylation is 1. The van der Waals surface area contributed by atoms with E-state index in [1.165, 1.54) is 5.69 Å². The number of hydrogen-bond donors (Lipinski definition) is 1. The van der Waals surface area contributed by atoms with Gasteiger partial charge in [-0.15, -0.1) is 0 Å². The van der Waals surface area contributed by atoms with E-state index in [2.05, 4.69) is 41.9 Å². The third-order valence-electron chi connectivity index (χ3n) is 3.14. The van der Waals surface area contributed by atoms with E-state index in [0.29, 0.717) is 12.0 Å². The second-order valence-corrected chi connectivity index (χ2v) is 4.87. The Labute approximate surface area is 111 Å². The summed E-state index contributed by atoms with van der Waals surface area (Å²) in [6.07, 6.45) is 4.12. The molecular formula is C14H27N3O. The molecule has 1 aromatic rings. The van der Waals surface area contributed by atoms with Crippen LogP contribution in [0.4, 0.5) is 0 Å². The van der Waals surface area contributed by atoms with E-state index in [1.54, 1.807) is 7.11 Å². The van der Waals surface area contributed by atoms with Gasteiger partial charge < -0.3 is 10.1 Å². The van der Waals surface area contributed by atoms with Gasteiger partial charge in [-0.25, -0.2) is 0 Å². The van der Waals surface area contributed by atoms with Gasteiger partial charge in [0.15, 0.2) is 0 Å². The lowest BCUT2D eigenvalue weighted by Gasteiger charge is -2.22. The number of ether oxygens (including phenoxy) is 1. The Balaban J connectivity index is 2.71. The Morgan fingerprint density at radius 2 is 2.22 bits per heavy atom. The van der Waals surface area contributed by atoms with E-state index in [4.69, 9.17) is 4.74 Å². The summed E-state index contributed by atoms with van der Waals surface area (Å²) in [6.45, 7) is 9.33. The number of aromatic nitrogens is 2. The number of rotatable bonds is 9. The molecule has 1 N–H and O–H groups in total. The number of nitrogens with one attached hydrogen (secondary N) is 1. The van der Waals surface area contributed by atoms with Crippen molar-refractivity contribution in [2.75, 3.05) is 20.3 Å². The van der Waals surface area contributed by atoms with Gasteiger partial charge >= 0.3 is 0 Å². The van der Waals surface area contributed by atoms with Crippen LogP contribution >= 0.6 is 0 Å². The minimum atomic E-state index is 0.373. The summed E-state index contributed by atoms with van der Waals surface area (Å²) in [4.78, 5) is 0. The van der Waals surface area contributed by atoms with Crippen molar-refractivity contribution >= 4 is 0 Å². The lowest BCUT2D eigenvalue weighted by atomic mass is 10.00. The lowest BCUT2D eigenvalue weighted by molar-refractivity contribution is 0.148. The molecule has 104 valence electrons. The predicted molar refractivity (Wildman–Crippen MR) is 74.6 cm³/mol. The van der Waals surface area contributed by atoms with E-state index >= 15 is 0 Å². The van der Waals surface area contributed by atoms with E-state index in [1.807, 2.05) is 6.20 Å². The molecule has 2 unspecified atom stereocenters. The molecule has 0 radical (unpaired) electrons. The summed E-state index contributed by atoms with van der Waals surface area (Å²) in [7, 11) is 1.77. The molecule has 0 aliphatic carbocycles. The Hall–Kier alpha value is -0.870. The minimum absolute atomic E-state index is 0.373. The molecule has 1 rings (SSSR count). The summed E-state index contributed by atoms with van der Waals surface area (Å²) in [5.41, 5.74) is 1.29. The molecule has 0 saturated carbocycles. The molecule has 2 atom stereocenters. The summed E-state index contributed by atoms with van der Waals surface area (Å²) in [6, 6.07) is 2.49. The highest BCUT2D eigenvalue weighted by Crippen LogP contribution is 2.21. The van der Waals surface area contributed by atoms with Crippen LogP contribution in [0.15, 0.2) is 12.3 Å². The quantitative estimate of drug-likeness (QED) is 0.735. The van der Waals surface area contributed by atoms with Gasteiger partial charge in [-0.1, -0.05) is 13.8 Å². The lowest BCUT2D eigenvalue weighted by Crippen LogP contribution is -2.27. The molecule has 0 bridgehead atoms. The van der Waals surface area contributed by atoms with Crippen molar-refractivity contribution < 1.29 is 4.74 Å². The monoisotopic (exact) mass is 253 g/mol. The van der Waals surface area contributed by atoms with Gasteiger partial charge in [0, 0.05) is 32.5 Å². The van der Waals surface area contributed by atoms with Crippen LogP contribution in [0.3, 0.4) is 0 Å². The first kappa shape index (κ1) is 15.2. The Bertz CT molecular complexity index is 325. The third-order valence-corrected chi connectivity index (χ3v) is 3.14. The largest absolute Gasteiger partial charge is 0.384 e. The van der Waals surface area contributed by atoms with E-state index in [0.717, 1.165) is 32.5 Å². The molecule has 1 aromatic heterocycles. The molecule has 4 nitrogen and oxygen atoms in total. The summed E-state index contributed by atoms with van der Waals surface area (Å²) < 4.78 is 7.31. The van der Waals surface area contributed by atoms with Gasteiger partial charge in [-0.05, 0) is 38.3 Å².